The largest absolute Gasteiger partial charge is 0.479 e. The summed E-state index contributed by atoms with van der Waals surface area (Å²) in [5, 5.41) is 9.61. The number of epoxide rings is 1. The van der Waals surface area contributed by atoms with E-state index in [4.69, 9.17) is 9.47 Å². The Kier molecular flexibility index (Phi) is 3.74. The lowest BCUT2D eigenvalue weighted by molar-refractivity contribution is -0.143. The van der Waals surface area contributed by atoms with Crippen LogP contribution in [0.2, 0.25) is 0 Å². The van der Waals surface area contributed by atoms with Gasteiger partial charge in [-0.3, -0.25) is 0 Å². The van der Waals surface area contributed by atoms with Crippen molar-refractivity contribution in [1.29, 1.82) is 0 Å². The molecule has 7 heteroatoms. The molecule has 0 aliphatic carbocycles. The lowest BCUT2D eigenvalue weighted by Gasteiger charge is -2.21. The van der Waals surface area contributed by atoms with Gasteiger partial charge in [-0.05, 0) is 36.5 Å². The third kappa shape index (κ3) is 2.53. The Hall–Kier alpha value is -1.44. The van der Waals surface area contributed by atoms with E-state index >= 15 is 0 Å². The van der Waals surface area contributed by atoms with E-state index in [2.05, 4.69) is 0 Å². The van der Waals surface area contributed by atoms with E-state index in [1.54, 1.807) is 0 Å². The lowest BCUT2D eigenvalue weighted by atomic mass is 9.85. The number of rotatable bonds is 4. The highest BCUT2D eigenvalue weighted by atomic mass is 32.2. The van der Waals surface area contributed by atoms with Gasteiger partial charge in [-0.1, -0.05) is 12.1 Å². The van der Waals surface area contributed by atoms with E-state index in [-0.39, 0.29) is 16.9 Å². The SMILES string of the molecule is CS(=O)(=O)c1ccc([C@@]2(C(=O)O)O[C@H]2C2CCOCC2)cc1. The topological polar surface area (TPSA) is 93.2 Å². The molecule has 2 fully saturated rings. The molecule has 120 valence electrons. The van der Waals surface area contributed by atoms with Gasteiger partial charge in [0.15, 0.2) is 9.84 Å². The van der Waals surface area contributed by atoms with Crippen molar-refractivity contribution in [2.45, 2.75) is 29.4 Å². The van der Waals surface area contributed by atoms with E-state index < -0.39 is 21.4 Å². The van der Waals surface area contributed by atoms with Crippen molar-refractivity contribution in [3.8, 4) is 0 Å². The molecule has 0 unspecified atom stereocenters. The molecule has 2 aliphatic heterocycles. The predicted molar refractivity (Wildman–Crippen MR) is 77.3 cm³/mol. The van der Waals surface area contributed by atoms with Crippen LogP contribution in [-0.2, 0) is 29.7 Å². The highest BCUT2D eigenvalue weighted by Gasteiger charge is 2.66. The second-order valence-corrected chi connectivity index (χ2v) is 7.84. The molecule has 0 spiro atoms. The Morgan fingerprint density at radius 2 is 1.82 bits per heavy atom. The summed E-state index contributed by atoms with van der Waals surface area (Å²) in [4.78, 5) is 11.9. The van der Waals surface area contributed by atoms with Gasteiger partial charge in [0.1, 0.15) is 6.10 Å². The first-order chi connectivity index (χ1) is 10.4. The molecule has 2 heterocycles. The van der Waals surface area contributed by atoms with Crippen LogP contribution in [0.15, 0.2) is 29.2 Å². The van der Waals surface area contributed by atoms with Crippen molar-refractivity contribution in [3.63, 3.8) is 0 Å². The molecule has 22 heavy (non-hydrogen) atoms. The average Bonchev–Trinajstić information content (AvgIpc) is 3.24. The van der Waals surface area contributed by atoms with Gasteiger partial charge in [0.05, 0.1) is 4.90 Å². The quantitative estimate of drug-likeness (QED) is 0.836. The van der Waals surface area contributed by atoms with E-state index in [1.807, 2.05) is 0 Å². The maximum atomic E-state index is 11.7. The number of sulfone groups is 1. The Balaban J connectivity index is 1.88. The van der Waals surface area contributed by atoms with Crippen LogP contribution in [0.4, 0.5) is 0 Å². The zero-order valence-electron chi connectivity index (χ0n) is 12.2. The number of carbonyl (C=O) groups is 1. The molecule has 0 bridgehead atoms. The molecule has 1 aromatic carbocycles. The minimum atomic E-state index is -3.30. The van der Waals surface area contributed by atoms with E-state index in [0.717, 1.165) is 19.1 Å². The van der Waals surface area contributed by atoms with Gasteiger partial charge in [0.25, 0.3) is 0 Å². The number of hydrogen-bond acceptors (Lipinski definition) is 5. The second-order valence-electron chi connectivity index (χ2n) is 5.83. The number of carboxylic acids is 1. The van der Waals surface area contributed by atoms with E-state index in [1.165, 1.54) is 24.3 Å². The summed E-state index contributed by atoms with van der Waals surface area (Å²) in [5.74, 6) is -0.879. The van der Waals surface area contributed by atoms with Crippen LogP contribution in [0.1, 0.15) is 18.4 Å². The summed E-state index contributed by atoms with van der Waals surface area (Å²) in [6, 6.07) is 5.92. The lowest BCUT2D eigenvalue weighted by Crippen LogP contribution is -2.30. The van der Waals surface area contributed by atoms with Crippen LogP contribution in [0, 0.1) is 5.92 Å². The zero-order valence-corrected chi connectivity index (χ0v) is 13.0. The highest BCUT2D eigenvalue weighted by molar-refractivity contribution is 7.90. The molecule has 0 amide bonds. The fraction of sp³-hybridized carbons (Fsp3) is 0.533. The number of ether oxygens (including phenoxy) is 2. The summed E-state index contributed by atoms with van der Waals surface area (Å²) in [6.45, 7) is 1.24. The maximum Gasteiger partial charge on any atom is 0.343 e. The molecule has 0 saturated carbocycles. The van der Waals surface area contributed by atoms with Gasteiger partial charge in [0.2, 0.25) is 5.60 Å². The molecule has 0 radical (unpaired) electrons. The van der Waals surface area contributed by atoms with Crippen LogP contribution in [-0.4, -0.2) is 45.1 Å². The van der Waals surface area contributed by atoms with Gasteiger partial charge in [-0.25, -0.2) is 13.2 Å². The number of benzene rings is 1. The first-order valence-corrected chi connectivity index (χ1v) is 9.04. The fourth-order valence-electron chi connectivity index (χ4n) is 3.09. The Labute approximate surface area is 129 Å². The van der Waals surface area contributed by atoms with Gasteiger partial charge in [0, 0.05) is 19.5 Å². The van der Waals surface area contributed by atoms with Crippen molar-refractivity contribution >= 4 is 15.8 Å². The molecular weight excluding hydrogens is 308 g/mol. The van der Waals surface area contributed by atoms with Gasteiger partial charge >= 0.3 is 5.97 Å². The van der Waals surface area contributed by atoms with Crippen LogP contribution < -0.4 is 0 Å². The van der Waals surface area contributed by atoms with Crippen molar-refractivity contribution in [2.75, 3.05) is 19.5 Å². The standard InChI is InChI=1S/C15H18O6S/c1-22(18,19)12-4-2-11(3-5-12)15(14(16)17)13(21-15)10-6-8-20-9-7-10/h2-5,10,13H,6-9H2,1H3,(H,16,17)/t13-,15+/m0/s1. The second kappa shape index (κ2) is 5.33. The van der Waals surface area contributed by atoms with Crippen molar-refractivity contribution < 1.29 is 27.8 Å². The summed E-state index contributed by atoms with van der Waals surface area (Å²) < 4.78 is 33.9. The molecule has 2 atom stereocenters. The van der Waals surface area contributed by atoms with E-state index in [9.17, 15) is 18.3 Å². The molecular formula is C15H18O6S. The van der Waals surface area contributed by atoms with E-state index in [0.29, 0.717) is 18.8 Å². The summed E-state index contributed by atoms with van der Waals surface area (Å²) in [5.41, 5.74) is -0.859. The number of carboxylic acid groups (broad SMARTS) is 1. The Bertz CT molecular complexity index is 674. The number of hydrogen-bond donors (Lipinski definition) is 1. The zero-order chi connectivity index (χ0) is 16.0. The van der Waals surface area contributed by atoms with Crippen LogP contribution in [0.5, 0.6) is 0 Å². The van der Waals surface area contributed by atoms with Crippen LogP contribution in [0.25, 0.3) is 0 Å². The Morgan fingerprint density at radius 1 is 1.23 bits per heavy atom. The Morgan fingerprint density at radius 3 is 2.32 bits per heavy atom. The molecule has 2 aliphatic rings. The molecule has 3 rings (SSSR count). The van der Waals surface area contributed by atoms with Gasteiger partial charge < -0.3 is 14.6 Å². The third-order valence-corrected chi connectivity index (χ3v) is 5.51. The summed E-state index contributed by atoms with van der Waals surface area (Å²) in [6.07, 6.45) is 2.30. The van der Waals surface area contributed by atoms with Crippen LogP contribution >= 0.6 is 0 Å². The first kappa shape index (κ1) is 15.5. The summed E-state index contributed by atoms with van der Waals surface area (Å²) in [7, 11) is -3.30. The van der Waals surface area contributed by atoms with Crippen LogP contribution in [0.3, 0.4) is 0 Å². The normalized spacial score (nSPS) is 29.2. The molecule has 2 saturated heterocycles. The predicted octanol–water partition coefficient (Wildman–Crippen LogP) is 1.20. The first-order valence-electron chi connectivity index (χ1n) is 7.15. The van der Waals surface area contributed by atoms with Crippen molar-refractivity contribution in [3.05, 3.63) is 29.8 Å². The van der Waals surface area contributed by atoms with Gasteiger partial charge in [-0.15, -0.1) is 0 Å². The molecule has 6 nitrogen and oxygen atoms in total. The smallest absolute Gasteiger partial charge is 0.343 e. The minimum absolute atomic E-state index is 0.152. The molecule has 1 aromatic rings. The minimum Gasteiger partial charge on any atom is -0.479 e. The van der Waals surface area contributed by atoms with Gasteiger partial charge in [-0.2, -0.15) is 0 Å². The van der Waals surface area contributed by atoms with Crippen molar-refractivity contribution in [1.82, 2.24) is 0 Å². The average molecular weight is 326 g/mol. The third-order valence-electron chi connectivity index (χ3n) is 4.38. The maximum absolute atomic E-state index is 11.7. The summed E-state index contributed by atoms with van der Waals surface area (Å²) >= 11 is 0. The van der Waals surface area contributed by atoms with Crippen molar-refractivity contribution in [2.24, 2.45) is 5.92 Å². The number of aliphatic carboxylic acids is 1. The fourth-order valence-corrected chi connectivity index (χ4v) is 3.72. The molecule has 0 aromatic heterocycles. The monoisotopic (exact) mass is 326 g/mol. The highest BCUT2D eigenvalue weighted by Crippen LogP contribution is 2.52. The molecule has 1 N–H and O–H groups in total.